The molecular weight excluding hydrogens is 334 g/mol. The molecule has 0 saturated carbocycles. The molecule has 2 aromatic rings. The molecule has 0 spiro atoms. The van der Waals surface area contributed by atoms with Crippen molar-refractivity contribution in [2.24, 2.45) is 5.73 Å². The van der Waals surface area contributed by atoms with Crippen molar-refractivity contribution in [1.82, 2.24) is 9.55 Å². The van der Waals surface area contributed by atoms with E-state index in [1.165, 1.54) is 29.1 Å². The van der Waals surface area contributed by atoms with Crippen LogP contribution in [0.2, 0.25) is 0 Å². The van der Waals surface area contributed by atoms with E-state index in [2.05, 4.69) is 44.5 Å². The highest BCUT2D eigenvalue weighted by atomic mass is 79.9. The van der Waals surface area contributed by atoms with Gasteiger partial charge in [-0.15, -0.1) is 11.3 Å². The lowest BCUT2D eigenvalue weighted by Gasteiger charge is -2.26. The Balaban J connectivity index is 2.03. The Hall–Kier alpha value is -0.650. The van der Waals surface area contributed by atoms with Gasteiger partial charge in [0.15, 0.2) is 0 Å². The van der Waals surface area contributed by atoms with Gasteiger partial charge in [-0.25, -0.2) is 4.98 Å². The van der Waals surface area contributed by atoms with E-state index in [0.717, 1.165) is 23.0 Å². The first-order chi connectivity index (χ1) is 9.70. The molecule has 5 heteroatoms. The second-order valence-electron chi connectivity index (χ2n) is 5.41. The van der Waals surface area contributed by atoms with Gasteiger partial charge in [0, 0.05) is 16.6 Å². The molecule has 0 saturated heterocycles. The van der Waals surface area contributed by atoms with Crippen LogP contribution in [0.5, 0.6) is 0 Å². The van der Waals surface area contributed by atoms with Gasteiger partial charge in [0.25, 0.3) is 0 Å². The molecule has 0 aromatic carbocycles. The summed E-state index contributed by atoms with van der Waals surface area (Å²) in [6.45, 7) is 2.16. The number of imidazole rings is 1. The fourth-order valence-corrected chi connectivity index (χ4v) is 4.60. The average Bonchev–Trinajstić information content (AvgIpc) is 3.07. The molecular formula is C15H20BrN3S. The summed E-state index contributed by atoms with van der Waals surface area (Å²) in [6, 6.07) is 4.63. The molecule has 2 unspecified atom stereocenters. The van der Waals surface area contributed by atoms with Crippen LogP contribution in [0.1, 0.15) is 48.5 Å². The van der Waals surface area contributed by atoms with Crippen LogP contribution < -0.4 is 5.73 Å². The summed E-state index contributed by atoms with van der Waals surface area (Å²) < 4.78 is 3.50. The van der Waals surface area contributed by atoms with Crippen molar-refractivity contribution >= 4 is 27.3 Å². The SMILES string of the molecule is CCC(N)C(c1ccc(Br)s1)n1cnc2c1CCCC2. The summed E-state index contributed by atoms with van der Waals surface area (Å²) >= 11 is 5.34. The molecule has 0 aliphatic heterocycles. The second-order valence-corrected chi connectivity index (χ2v) is 7.91. The van der Waals surface area contributed by atoms with E-state index >= 15 is 0 Å². The van der Waals surface area contributed by atoms with Crippen LogP contribution in [0.25, 0.3) is 0 Å². The van der Waals surface area contributed by atoms with Crippen molar-refractivity contribution in [1.29, 1.82) is 0 Å². The van der Waals surface area contributed by atoms with Crippen LogP contribution in [0, 0.1) is 0 Å². The highest BCUT2D eigenvalue weighted by Gasteiger charge is 2.26. The molecule has 1 aliphatic rings. The summed E-state index contributed by atoms with van der Waals surface area (Å²) in [7, 11) is 0. The van der Waals surface area contributed by atoms with E-state index in [9.17, 15) is 0 Å². The Morgan fingerprint density at radius 2 is 2.20 bits per heavy atom. The van der Waals surface area contributed by atoms with Gasteiger partial charge in [-0.3, -0.25) is 0 Å². The van der Waals surface area contributed by atoms with Crippen LogP contribution in [0.4, 0.5) is 0 Å². The van der Waals surface area contributed by atoms with Gasteiger partial charge in [0.05, 0.1) is 21.8 Å². The molecule has 3 rings (SSSR count). The number of halogens is 1. The number of fused-ring (bicyclic) bond motifs is 1. The summed E-state index contributed by atoms with van der Waals surface area (Å²) in [6.07, 6.45) is 7.75. The zero-order valence-corrected chi connectivity index (χ0v) is 14.1. The average molecular weight is 354 g/mol. The summed E-state index contributed by atoms with van der Waals surface area (Å²) in [5.74, 6) is 0. The zero-order chi connectivity index (χ0) is 14.1. The second kappa shape index (κ2) is 6.00. The molecule has 2 heterocycles. The predicted octanol–water partition coefficient (Wildman–Crippen LogP) is 3.91. The Bertz CT molecular complexity index is 590. The highest BCUT2D eigenvalue weighted by Crippen LogP contribution is 2.34. The predicted molar refractivity (Wildman–Crippen MR) is 87.3 cm³/mol. The van der Waals surface area contributed by atoms with Crippen molar-refractivity contribution in [3.8, 4) is 0 Å². The van der Waals surface area contributed by atoms with Gasteiger partial charge in [0.1, 0.15) is 0 Å². The normalized spacial score (nSPS) is 17.8. The van der Waals surface area contributed by atoms with Crippen molar-refractivity contribution in [2.45, 2.75) is 51.1 Å². The largest absolute Gasteiger partial charge is 0.326 e. The molecule has 20 heavy (non-hydrogen) atoms. The highest BCUT2D eigenvalue weighted by molar-refractivity contribution is 9.11. The maximum absolute atomic E-state index is 6.43. The number of aryl methyl sites for hydroxylation is 1. The van der Waals surface area contributed by atoms with E-state index < -0.39 is 0 Å². The molecule has 0 bridgehead atoms. The van der Waals surface area contributed by atoms with Gasteiger partial charge < -0.3 is 10.3 Å². The minimum Gasteiger partial charge on any atom is -0.326 e. The minimum absolute atomic E-state index is 0.126. The quantitative estimate of drug-likeness (QED) is 0.905. The van der Waals surface area contributed by atoms with Gasteiger partial charge in [-0.05, 0) is 60.2 Å². The fourth-order valence-electron chi connectivity index (χ4n) is 3.00. The summed E-state index contributed by atoms with van der Waals surface area (Å²) in [4.78, 5) is 5.94. The van der Waals surface area contributed by atoms with E-state index in [1.807, 2.05) is 6.33 Å². The van der Waals surface area contributed by atoms with E-state index in [-0.39, 0.29) is 12.1 Å². The molecule has 0 fully saturated rings. The molecule has 108 valence electrons. The first kappa shape index (κ1) is 14.3. The summed E-state index contributed by atoms with van der Waals surface area (Å²) in [5.41, 5.74) is 9.10. The van der Waals surface area contributed by atoms with Gasteiger partial charge in [-0.2, -0.15) is 0 Å². The maximum Gasteiger partial charge on any atom is 0.0958 e. The van der Waals surface area contributed by atoms with Crippen LogP contribution in [0.3, 0.4) is 0 Å². The zero-order valence-electron chi connectivity index (χ0n) is 11.7. The first-order valence-corrected chi connectivity index (χ1v) is 8.87. The standard InChI is InChI=1S/C15H20BrN3S/c1-2-10(17)15(13-7-8-14(16)20-13)19-9-18-11-5-3-4-6-12(11)19/h7-10,15H,2-6,17H2,1H3. The van der Waals surface area contributed by atoms with Crippen molar-refractivity contribution < 1.29 is 0 Å². The number of nitrogens with zero attached hydrogens (tertiary/aromatic N) is 2. The molecule has 2 N–H and O–H groups in total. The van der Waals surface area contributed by atoms with E-state index in [0.29, 0.717) is 0 Å². The van der Waals surface area contributed by atoms with Crippen LogP contribution in [-0.4, -0.2) is 15.6 Å². The van der Waals surface area contributed by atoms with Crippen LogP contribution in [-0.2, 0) is 12.8 Å². The molecule has 2 aromatic heterocycles. The topological polar surface area (TPSA) is 43.8 Å². The van der Waals surface area contributed by atoms with Crippen molar-refractivity contribution in [3.63, 3.8) is 0 Å². The third kappa shape index (κ3) is 2.59. The van der Waals surface area contributed by atoms with Crippen molar-refractivity contribution in [2.75, 3.05) is 0 Å². The molecule has 2 atom stereocenters. The van der Waals surface area contributed by atoms with Crippen LogP contribution >= 0.6 is 27.3 Å². The maximum atomic E-state index is 6.43. The Morgan fingerprint density at radius 1 is 1.40 bits per heavy atom. The molecule has 0 radical (unpaired) electrons. The molecule has 0 amide bonds. The third-order valence-electron chi connectivity index (χ3n) is 4.12. The smallest absolute Gasteiger partial charge is 0.0958 e. The Kier molecular flexibility index (Phi) is 4.29. The van der Waals surface area contributed by atoms with Crippen molar-refractivity contribution in [3.05, 3.63) is 38.5 Å². The van der Waals surface area contributed by atoms with Gasteiger partial charge in [-0.1, -0.05) is 6.92 Å². The number of hydrogen-bond donors (Lipinski definition) is 1. The van der Waals surface area contributed by atoms with Crippen LogP contribution in [0.15, 0.2) is 22.2 Å². The third-order valence-corrected chi connectivity index (χ3v) is 5.82. The van der Waals surface area contributed by atoms with Gasteiger partial charge >= 0.3 is 0 Å². The monoisotopic (exact) mass is 353 g/mol. The lowest BCUT2D eigenvalue weighted by molar-refractivity contribution is 0.447. The number of thiophene rings is 1. The van der Waals surface area contributed by atoms with E-state index in [1.54, 1.807) is 11.3 Å². The lowest BCUT2D eigenvalue weighted by atomic mass is 9.99. The Labute approximate surface area is 132 Å². The Morgan fingerprint density at radius 3 is 2.90 bits per heavy atom. The lowest BCUT2D eigenvalue weighted by Crippen LogP contribution is -2.32. The minimum atomic E-state index is 0.126. The molecule has 3 nitrogen and oxygen atoms in total. The number of rotatable bonds is 4. The van der Waals surface area contributed by atoms with E-state index in [4.69, 9.17) is 5.73 Å². The number of hydrogen-bond acceptors (Lipinski definition) is 3. The van der Waals surface area contributed by atoms with Gasteiger partial charge in [0.2, 0.25) is 0 Å². The molecule has 1 aliphatic carbocycles. The number of nitrogens with two attached hydrogens (primary N) is 1. The summed E-state index contributed by atoms with van der Waals surface area (Å²) in [5, 5.41) is 0. The number of aromatic nitrogens is 2. The fraction of sp³-hybridized carbons (Fsp3) is 0.533. The first-order valence-electron chi connectivity index (χ1n) is 7.26.